The molecule has 0 bridgehead atoms. The zero-order chi connectivity index (χ0) is 17.8. The van der Waals surface area contributed by atoms with Gasteiger partial charge in [-0.1, -0.05) is 24.3 Å². The van der Waals surface area contributed by atoms with Crippen molar-refractivity contribution >= 4 is 5.97 Å². The topological polar surface area (TPSA) is 82.4 Å². The van der Waals surface area contributed by atoms with Crippen LogP contribution in [0.1, 0.15) is 35.6 Å². The number of ether oxygens (including phenoxy) is 1. The molecule has 1 aliphatic heterocycles. The van der Waals surface area contributed by atoms with E-state index in [0.29, 0.717) is 29.7 Å². The van der Waals surface area contributed by atoms with Crippen LogP contribution in [0.5, 0.6) is 5.75 Å². The molecule has 2 N–H and O–H groups in total. The molecule has 1 aliphatic rings. The Hall–Kier alpha value is -2.91. The van der Waals surface area contributed by atoms with Crippen molar-refractivity contribution in [3.63, 3.8) is 0 Å². The molecule has 0 spiro atoms. The van der Waals surface area contributed by atoms with Crippen LogP contribution < -0.4 is 10.1 Å². The summed E-state index contributed by atoms with van der Waals surface area (Å²) in [5.74, 6) is -0.845. The maximum atomic E-state index is 13.6. The Morgan fingerprint density at radius 1 is 1.32 bits per heavy atom. The van der Waals surface area contributed by atoms with E-state index in [9.17, 15) is 14.4 Å². The summed E-state index contributed by atoms with van der Waals surface area (Å²) in [5.41, 5.74) is 1.60. The Labute approximate surface area is 144 Å². The largest absolute Gasteiger partial charge is 0.487 e. The quantitative estimate of drug-likeness (QED) is 0.874. The molecular formula is C19H17FN2O3. The highest BCUT2D eigenvalue weighted by molar-refractivity contribution is 5.74. The van der Waals surface area contributed by atoms with Crippen molar-refractivity contribution in [1.29, 1.82) is 5.26 Å². The van der Waals surface area contributed by atoms with Crippen molar-refractivity contribution < 1.29 is 19.0 Å². The fourth-order valence-corrected chi connectivity index (χ4v) is 2.95. The minimum Gasteiger partial charge on any atom is -0.487 e. The van der Waals surface area contributed by atoms with Gasteiger partial charge in [-0.3, -0.25) is 10.1 Å². The summed E-state index contributed by atoms with van der Waals surface area (Å²) in [5, 5.41) is 21.5. The summed E-state index contributed by atoms with van der Waals surface area (Å²) >= 11 is 0. The number of nitriles is 1. The molecule has 5 nitrogen and oxygen atoms in total. The molecular weight excluding hydrogens is 323 g/mol. The van der Waals surface area contributed by atoms with Crippen LogP contribution in [0.2, 0.25) is 0 Å². The lowest BCUT2D eigenvalue weighted by Gasteiger charge is -2.15. The molecule has 1 fully saturated rings. The average Bonchev–Trinajstić information content (AvgIpc) is 3.11. The molecule has 25 heavy (non-hydrogen) atoms. The second-order valence-electron chi connectivity index (χ2n) is 5.93. The first-order valence-corrected chi connectivity index (χ1v) is 7.97. The third-order valence-corrected chi connectivity index (χ3v) is 4.31. The molecule has 6 heteroatoms. The van der Waals surface area contributed by atoms with Gasteiger partial charge in [0.2, 0.25) is 0 Å². The molecule has 0 saturated carbocycles. The van der Waals surface area contributed by atoms with Gasteiger partial charge in [-0.15, -0.1) is 0 Å². The van der Waals surface area contributed by atoms with Crippen LogP contribution in [-0.2, 0) is 11.4 Å². The number of nitrogens with one attached hydrogen (secondary N) is 1. The summed E-state index contributed by atoms with van der Waals surface area (Å²) in [7, 11) is 0. The van der Waals surface area contributed by atoms with Crippen LogP contribution in [-0.4, -0.2) is 17.1 Å². The van der Waals surface area contributed by atoms with Gasteiger partial charge in [0.1, 0.15) is 30.3 Å². The zero-order valence-corrected chi connectivity index (χ0v) is 13.4. The van der Waals surface area contributed by atoms with Crippen LogP contribution in [0.4, 0.5) is 4.39 Å². The predicted octanol–water partition coefficient (Wildman–Crippen LogP) is 3.15. The Morgan fingerprint density at radius 2 is 2.12 bits per heavy atom. The minimum absolute atomic E-state index is 0.0312. The number of benzene rings is 2. The van der Waals surface area contributed by atoms with Crippen LogP contribution in [0.25, 0.3) is 0 Å². The summed E-state index contributed by atoms with van der Waals surface area (Å²) in [4.78, 5) is 11.0. The summed E-state index contributed by atoms with van der Waals surface area (Å²) in [6.45, 7) is 0.0312. The summed E-state index contributed by atoms with van der Waals surface area (Å²) < 4.78 is 19.2. The lowest BCUT2D eigenvalue weighted by atomic mass is 10.0. The molecule has 3 rings (SSSR count). The van der Waals surface area contributed by atoms with E-state index in [1.807, 2.05) is 0 Å². The highest BCUT2D eigenvalue weighted by atomic mass is 19.1. The maximum Gasteiger partial charge on any atom is 0.320 e. The van der Waals surface area contributed by atoms with E-state index in [-0.39, 0.29) is 18.5 Å². The lowest BCUT2D eigenvalue weighted by Crippen LogP contribution is -2.31. The molecule has 2 aromatic rings. The average molecular weight is 340 g/mol. The number of carboxylic acids is 1. The van der Waals surface area contributed by atoms with Gasteiger partial charge < -0.3 is 9.84 Å². The molecule has 0 amide bonds. The van der Waals surface area contributed by atoms with E-state index in [1.165, 1.54) is 6.07 Å². The van der Waals surface area contributed by atoms with Gasteiger partial charge in [0, 0.05) is 11.6 Å². The highest BCUT2D eigenvalue weighted by Crippen LogP contribution is 2.30. The monoisotopic (exact) mass is 340 g/mol. The first-order chi connectivity index (χ1) is 12.1. The van der Waals surface area contributed by atoms with Crippen molar-refractivity contribution in [2.75, 3.05) is 0 Å². The normalized spacial score (nSPS) is 19.4. The van der Waals surface area contributed by atoms with Gasteiger partial charge in [-0.25, -0.2) is 4.39 Å². The molecule has 0 aromatic heterocycles. The standard InChI is InChI=1S/C19H17FN2O3/c20-15-4-2-1-3-13(15)11-25-18-8-5-12(9-14(18)10-21)16-6-7-17(22-16)19(23)24/h1-5,8-9,16-17,22H,6-7,11H2,(H,23,24)/t16-,17+/m1/s1. The number of aliphatic carboxylic acids is 1. The molecule has 1 heterocycles. The fourth-order valence-electron chi connectivity index (χ4n) is 2.95. The number of nitrogens with zero attached hydrogens (tertiary/aromatic N) is 1. The number of hydrogen-bond acceptors (Lipinski definition) is 4. The number of halogens is 1. The van der Waals surface area contributed by atoms with E-state index in [0.717, 1.165) is 5.56 Å². The highest BCUT2D eigenvalue weighted by Gasteiger charge is 2.29. The van der Waals surface area contributed by atoms with Crippen LogP contribution in [0, 0.1) is 17.1 Å². The summed E-state index contributed by atoms with van der Waals surface area (Å²) in [6, 6.07) is 12.9. The second-order valence-corrected chi connectivity index (χ2v) is 5.93. The van der Waals surface area contributed by atoms with Crippen LogP contribution in [0.3, 0.4) is 0 Å². The van der Waals surface area contributed by atoms with Gasteiger partial charge in [0.15, 0.2) is 0 Å². The second kappa shape index (κ2) is 7.32. The van der Waals surface area contributed by atoms with E-state index in [1.54, 1.807) is 36.4 Å². The van der Waals surface area contributed by atoms with E-state index in [4.69, 9.17) is 9.84 Å². The van der Waals surface area contributed by atoms with Crippen molar-refractivity contribution in [3.05, 3.63) is 65.0 Å². The van der Waals surface area contributed by atoms with E-state index < -0.39 is 12.0 Å². The fraction of sp³-hybridized carbons (Fsp3) is 0.263. The van der Waals surface area contributed by atoms with Crippen molar-refractivity contribution in [3.8, 4) is 11.8 Å². The van der Waals surface area contributed by atoms with Gasteiger partial charge in [0.25, 0.3) is 0 Å². The minimum atomic E-state index is -0.868. The Morgan fingerprint density at radius 3 is 2.80 bits per heavy atom. The number of rotatable bonds is 5. The van der Waals surface area contributed by atoms with Gasteiger partial charge in [-0.05, 0) is 36.6 Å². The van der Waals surface area contributed by atoms with Crippen molar-refractivity contribution in [2.24, 2.45) is 0 Å². The number of carbonyl (C=O) groups is 1. The number of hydrogen-bond donors (Lipinski definition) is 2. The molecule has 1 saturated heterocycles. The van der Waals surface area contributed by atoms with Crippen molar-refractivity contribution in [2.45, 2.75) is 31.5 Å². The predicted molar refractivity (Wildman–Crippen MR) is 88.4 cm³/mol. The van der Waals surface area contributed by atoms with E-state index >= 15 is 0 Å². The third-order valence-electron chi connectivity index (χ3n) is 4.31. The Balaban J connectivity index is 1.73. The zero-order valence-electron chi connectivity index (χ0n) is 13.4. The first-order valence-electron chi connectivity index (χ1n) is 7.97. The summed E-state index contributed by atoms with van der Waals surface area (Å²) in [6.07, 6.45) is 1.24. The Bertz CT molecular complexity index is 832. The molecule has 2 aromatic carbocycles. The molecule has 0 radical (unpaired) electrons. The van der Waals surface area contributed by atoms with Gasteiger partial charge in [-0.2, -0.15) is 5.26 Å². The third kappa shape index (κ3) is 3.78. The molecule has 0 unspecified atom stereocenters. The maximum absolute atomic E-state index is 13.6. The molecule has 2 atom stereocenters. The lowest BCUT2D eigenvalue weighted by molar-refractivity contribution is -0.139. The van der Waals surface area contributed by atoms with Crippen LogP contribution in [0.15, 0.2) is 42.5 Å². The van der Waals surface area contributed by atoms with Gasteiger partial charge in [0.05, 0.1) is 5.56 Å². The van der Waals surface area contributed by atoms with Crippen LogP contribution >= 0.6 is 0 Å². The van der Waals surface area contributed by atoms with E-state index in [2.05, 4.69) is 11.4 Å². The molecule has 128 valence electrons. The first kappa shape index (κ1) is 16.9. The van der Waals surface area contributed by atoms with Crippen molar-refractivity contribution in [1.82, 2.24) is 5.32 Å². The van der Waals surface area contributed by atoms with Gasteiger partial charge >= 0.3 is 5.97 Å². The SMILES string of the molecule is N#Cc1cc([C@H]2CC[C@@H](C(=O)O)N2)ccc1OCc1ccccc1F. The smallest absolute Gasteiger partial charge is 0.320 e. The Kier molecular flexibility index (Phi) is 4.96. The molecule has 0 aliphatic carbocycles. The number of carboxylic acid groups (broad SMARTS) is 1.